The molecule has 19 heavy (non-hydrogen) atoms. The standard InChI is InChI=1S/C17H17ClO/c18-16-8-4-2-6-13(16)11-17(19)15-10-9-12-5-1-3-7-14(12)15/h1-8,15,17,19H,9-11H2. The molecule has 0 fully saturated rings. The van der Waals surface area contributed by atoms with Crippen molar-refractivity contribution in [3.05, 3.63) is 70.2 Å². The van der Waals surface area contributed by atoms with E-state index in [-0.39, 0.29) is 12.0 Å². The maximum absolute atomic E-state index is 10.5. The van der Waals surface area contributed by atoms with E-state index in [2.05, 4.69) is 24.3 Å². The van der Waals surface area contributed by atoms with Crippen LogP contribution in [0.15, 0.2) is 48.5 Å². The molecule has 98 valence electrons. The molecule has 1 nitrogen and oxygen atoms in total. The Kier molecular flexibility index (Phi) is 3.58. The summed E-state index contributed by atoms with van der Waals surface area (Å²) >= 11 is 6.16. The third-order valence-corrected chi connectivity index (χ3v) is 4.40. The predicted molar refractivity (Wildman–Crippen MR) is 78.7 cm³/mol. The van der Waals surface area contributed by atoms with E-state index in [1.54, 1.807) is 0 Å². The third-order valence-electron chi connectivity index (χ3n) is 4.03. The van der Waals surface area contributed by atoms with Gasteiger partial charge < -0.3 is 5.11 Å². The molecule has 0 heterocycles. The molecule has 0 radical (unpaired) electrons. The number of hydrogen-bond acceptors (Lipinski definition) is 1. The summed E-state index contributed by atoms with van der Waals surface area (Å²) < 4.78 is 0. The van der Waals surface area contributed by atoms with Crippen LogP contribution in [0.5, 0.6) is 0 Å². The first-order chi connectivity index (χ1) is 9.25. The Morgan fingerprint density at radius 1 is 1.11 bits per heavy atom. The van der Waals surface area contributed by atoms with Gasteiger partial charge in [0.15, 0.2) is 0 Å². The monoisotopic (exact) mass is 272 g/mol. The van der Waals surface area contributed by atoms with E-state index in [4.69, 9.17) is 11.6 Å². The lowest BCUT2D eigenvalue weighted by atomic mass is 9.91. The lowest BCUT2D eigenvalue weighted by molar-refractivity contribution is 0.143. The normalized spacial score (nSPS) is 19.2. The molecule has 0 saturated carbocycles. The molecule has 2 aromatic rings. The summed E-state index contributed by atoms with van der Waals surface area (Å²) in [6.45, 7) is 0. The number of fused-ring (bicyclic) bond motifs is 1. The fourth-order valence-corrected chi connectivity index (χ4v) is 3.23. The number of rotatable bonds is 3. The second-order valence-corrected chi connectivity index (χ2v) is 5.61. The highest BCUT2D eigenvalue weighted by Gasteiger charge is 2.28. The van der Waals surface area contributed by atoms with E-state index in [1.165, 1.54) is 11.1 Å². The molecule has 2 unspecified atom stereocenters. The minimum absolute atomic E-state index is 0.243. The molecular weight excluding hydrogens is 256 g/mol. The zero-order chi connectivity index (χ0) is 13.2. The molecule has 2 heteroatoms. The Morgan fingerprint density at radius 3 is 2.68 bits per heavy atom. The minimum Gasteiger partial charge on any atom is -0.392 e. The average Bonchev–Trinajstić information content (AvgIpc) is 2.85. The summed E-state index contributed by atoms with van der Waals surface area (Å²) in [5, 5.41) is 11.3. The van der Waals surface area contributed by atoms with E-state index in [1.807, 2.05) is 24.3 Å². The molecule has 0 aliphatic heterocycles. The van der Waals surface area contributed by atoms with Crippen LogP contribution in [0.1, 0.15) is 29.0 Å². The number of halogens is 1. The highest BCUT2D eigenvalue weighted by molar-refractivity contribution is 6.31. The van der Waals surface area contributed by atoms with Crippen molar-refractivity contribution >= 4 is 11.6 Å². The Labute approximate surface area is 118 Å². The van der Waals surface area contributed by atoms with Gasteiger partial charge in [0.1, 0.15) is 0 Å². The highest BCUT2D eigenvalue weighted by Crippen LogP contribution is 2.36. The van der Waals surface area contributed by atoms with Gasteiger partial charge in [0, 0.05) is 17.4 Å². The van der Waals surface area contributed by atoms with Gasteiger partial charge in [-0.3, -0.25) is 0 Å². The zero-order valence-electron chi connectivity index (χ0n) is 10.7. The lowest BCUT2D eigenvalue weighted by Crippen LogP contribution is -2.19. The maximum Gasteiger partial charge on any atom is 0.0649 e. The molecule has 3 rings (SSSR count). The minimum atomic E-state index is -0.358. The van der Waals surface area contributed by atoms with Crippen LogP contribution >= 0.6 is 11.6 Å². The topological polar surface area (TPSA) is 20.2 Å². The zero-order valence-corrected chi connectivity index (χ0v) is 11.5. The van der Waals surface area contributed by atoms with Crippen LogP contribution in [-0.4, -0.2) is 11.2 Å². The number of hydrogen-bond donors (Lipinski definition) is 1. The summed E-state index contributed by atoms with van der Waals surface area (Å²) in [7, 11) is 0. The second-order valence-electron chi connectivity index (χ2n) is 5.21. The van der Waals surface area contributed by atoms with Crippen molar-refractivity contribution in [2.45, 2.75) is 31.3 Å². The first-order valence-corrected chi connectivity index (χ1v) is 7.13. The van der Waals surface area contributed by atoms with Gasteiger partial charge in [-0.25, -0.2) is 0 Å². The molecule has 1 aliphatic carbocycles. The third kappa shape index (κ3) is 2.54. The van der Waals surface area contributed by atoms with Crippen LogP contribution in [0.3, 0.4) is 0 Å². The number of benzene rings is 2. The summed E-state index contributed by atoms with van der Waals surface area (Å²) in [6, 6.07) is 16.2. The molecule has 1 aliphatic rings. The molecular formula is C17H17ClO. The fraction of sp³-hybridized carbons (Fsp3) is 0.294. The Balaban J connectivity index is 1.79. The SMILES string of the molecule is OC(Cc1ccccc1Cl)C1CCc2ccccc21. The molecule has 1 N–H and O–H groups in total. The van der Waals surface area contributed by atoms with Crippen molar-refractivity contribution in [3.63, 3.8) is 0 Å². The number of aliphatic hydroxyl groups is 1. The van der Waals surface area contributed by atoms with Crippen LogP contribution in [0.4, 0.5) is 0 Å². The van der Waals surface area contributed by atoms with Crippen LogP contribution in [0.25, 0.3) is 0 Å². The molecule has 0 saturated heterocycles. The predicted octanol–water partition coefficient (Wildman–Crippen LogP) is 3.97. The van der Waals surface area contributed by atoms with Crippen LogP contribution in [-0.2, 0) is 12.8 Å². The lowest BCUT2D eigenvalue weighted by Gasteiger charge is -2.19. The van der Waals surface area contributed by atoms with Crippen LogP contribution < -0.4 is 0 Å². The van der Waals surface area contributed by atoms with Gasteiger partial charge in [0.25, 0.3) is 0 Å². The quantitative estimate of drug-likeness (QED) is 0.896. The summed E-state index contributed by atoms with van der Waals surface area (Å²) in [5.41, 5.74) is 3.72. The first kappa shape index (κ1) is 12.7. The number of aryl methyl sites for hydroxylation is 1. The van der Waals surface area contributed by atoms with Gasteiger partial charge >= 0.3 is 0 Å². The largest absolute Gasteiger partial charge is 0.392 e. The molecule has 2 atom stereocenters. The molecule has 0 spiro atoms. The first-order valence-electron chi connectivity index (χ1n) is 6.75. The van der Waals surface area contributed by atoms with E-state index >= 15 is 0 Å². The van der Waals surface area contributed by atoms with Gasteiger partial charge in [-0.05, 0) is 35.6 Å². The summed E-state index contributed by atoms with van der Waals surface area (Å²) in [6.07, 6.45) is 2.37. The van der Waals surface area contributed by atoms with Crippen molar-refractivity contribution in [2.75, 3.05) is 0 Å². The van der Waals surface area contributed by atoms with Gasteiger partial charge in [0.05, 0.1) is 6.10 Å². The van der Waals surface area contributed by atoms with Crippen LogP contribution in [0, 0.1) is 0 Å². The number of aliphatic hydroxyl groups excluding tert-OH is 1. The van der Waals surface area contributed by atoms with Crippen LogP contribution in [0.2, 0.25) is 5.02 Å². The van der Waals surface area contributed by atoms with E-state index < -0.39 is 0 Å². The van der Waals surface area contributed by atoms with Crippen molar-refractivity contribution in [1.29, 1.82) is 0 Å². The average molecular weight is 273 g/mol. The van der Waals surface area contributed by atoms with E-state index in [0.717, 1.165) is 23.4 Å². The van der Waals surface area contributed by atoms with Gasteiger partial charge in [-0.1, -0.05) is 54.1 Å². The Hall–Kier alpha value is -1.31. The van der Waals surface area contributed by atoms with Gasteiger partial charge in [0.2, 0.25) is 0 Å². The Morgan fingerprint density at radius 2 is 1.84 bits per heavy atom. The molecule has 2 aromatic carbocycles. The fourth-order valence-electron chi connectivity index (χ4n) is 3.02. The van der Waals surface area contributed by atoms with Gasteiger partial charge in [-0.15, -0.1) is 0 Å². The van der Waals surface area contributed by atoms with E-state index in [0.29, 0.717) is 6.42 Å². The summed E-state index contributed by atoms with van der Waals surface area (Å²) in [5.74, 6) is 0.243. The second kappa shape index (κ2) is 5.36. The van der Waals surface area contributed by atoms with Crippen molar-refractivity contribution in [1.82, 2.24) is 0 Å². The summed E-state index contributed by atoms with van der Waals surface area (Å²) in [4.78, 5) is 0. The molecule has 0 amide bonds. The maximum atomic E-state index is 10.5. The Bertz CT molecular complexity index is 579. The van der Waals surface area contributed by atoms with Gasteiger partial charge in [-0.2, -0.15) is 0 Å². The molecule has 0 aromatic heterocycles. The van der Waals surface area contributed by atoms with Crippen molar-refractivity contribution in [3.8, 4) is 0 Å². The highest BCUT2D eigenvalue weighted by atomic mass is 35.5. The smallest absolute Gasteiger partial charge is 0.0649 e. The van der Waals surface area contributed by atoms with Crippen molar-refractivity contribution in [2.24, 2.45) is 0 Å². The van der Waals surface area contributed by atoms with Crippen molar-refractivity contribution < 1.29 is 5.11 Å². The van der Waals surface area contributed by atoms with E-state index in [9.17, 15) is 5.11 Å². The molecule has 0 bridgehead atoms.